The molecule has 3 aromatic rings. The molecule has 3 amide bonds. The predicted octanol–water partition coefficient (Wildman–Crippen LogP) is 2.45. The van der Waals surface area contributed by atoms with Crippen LogP contribution in [0, 0.1) is 0 Å². The number of carbonyl (C=O) groups is 3. The van der Waals surface area contributed by atoms with E-state index in [2.05, 4.69) is 15.6 Å². The molecule has 3 N–H and O–H groups in total. The highest BCUT2D eigenvalue weighted by atomic mass is 16.5. The molecule has 0 spiro atoms. The van der Waals surface area contributed by atoms with Gasteiger partial charge in [-0.3, -0.25) is 14.4 Å². The van der Waals surface area contributed by atoms with Crippen molar-refractivity contribution in [2.75, 3.05) is 18.6 Å². The maximum absolute atomic E-state index is 12.9. The van der Waals surface area contributed by atoms with Crippen LogP contribution in [0.2, 0.25) is 0 Å². The first-order valence-corrected chi connectivity index (χ1v) is 10.6. The van der Waals surface area contributed by atoms with Gasteiger partial charge in [-0.15, -0.1) is 0 Å². The average molecular weight is 434 g/mol. The number of carbonyl (C=O) groups excluding carboxylic acids is 3. The van der Waals surface area contributed by atoms with Gasteiger partial charge in [0.05, 0.1) is 7.11 Å². The van der Waals surface area contributed by atoms with Crippen molar-refractivity contribution in [3.63, 3.8) is 0 Å². The molecule has 8 heteroatoms. The Hall–Kier alpha value is -3.81. The maximum Gasteiger partial charge on any atom is 0.310 e. The number of methoxy groups -OCH3 is 1. The molecule has 0 saturated carbocycles. The van der Waals surface area contributed by atoms with E-state index in [9.17, 15) is 14.4 Å². The second-order valence-corrected chi connectivity index (χ2v) is 8.00. The molecular formula is C24H26N4O4. The van der Waals surface area contributed by atoms with Gasteiger partial charge >= 0.3 is 11.8 Å². The molecule has 1 aromatic heterocycles. The van der Waals surface area contributed by atoms with Gasteiger partial charge < -0.3 is 25.3 Å². The smallest absolute Gasteiger partial charge is 0.310 e. The molecule has 1 unspecified atom stereocenters. The maximum atomic E-state index is 12.9. The van der Waals surface area contributed by atoms with Gasteiger partial charge in [0.1, 0.15) is 11.8 Å². The van der Waals surface area contributed by atoms with Crippen LogP contribution in [0.1, 0.15) is 31.0 Å². The summed E-state index contributed by atoms with van der Waals surface area (Å²) in [6.07, 6.45) is 2.42. The van der Waals surface area contributed by atoms with Gasteiger partial charge in [0.25, 0.3) is 5.91 Å². The average Bonchev–Trinajstić information content (AvgIpc) is 3.31. The van der Waals surface area contributed by atoms with E-state index in [0.717, 1.165) is 27.9 Å². The van der Waals surface area contributed by atoms with E-state index in [4.69, 9.17) is 4.74 Å². The van der Waals surface area contributed by atoms with E-state index in [1.54, 1.807) is 18.1 Å². The molecular weight excluding hydrogens is 408 g/mol. The molecule has 166 valence electrons. The summed E-state index contributed by atoms with van der Waals surface area (Å²) in [6.45, 7) is 4.10. The largest absolute Gasteiger partial charge is 0.497 e. The normalized spacial score (nSPS) is 15.2. The third-order valence-corrected chi connectivity index (χ3v) is 5.64. The molecule has 0 saturated heterocycles. The fourth-order valence-electron chi connectivity index (χ4n) is 4.09. The fraction of sp³-hybridized carbons (Fsp3) is 0.292. The highest BCUT2D eigenvalue weighted by molar-refractivity contribution is 6.35. The topological polar surface area (TPSA) is 104 Å². The summed E-state index contributed by atoms with van der Waals surface area (Å²) in [5.41, 5.74) is 3.43. The number of benzene rings is 2. The molecule has 0 fully saturated rings. The number of para-hydroxylation sites is 1. The first-order valence-electron chi connectivity index (χ1n) is 10.6. The summed E-state index contributed by atoms with van der Waals surface area (Å²) in [5.74, 6) is -1.09. The number of hydrogen-bond donors (Lipinski definition) is 3. The zero-order valence-corrected chi connectivity index (χ0v) is 18.3. The Kier molecular flexibility index (Phi) is 5.85. The van der Waals surface area contributed by atoms with Crippen molar-refractivity contribution in [1.29, 1.82) is 0 Å². The SMILES string of the molecule is COc1ccc2[nH]cc(CCNC(=O)C(=O)NC3C(=O)N(C(C)C)c4ccccc43)c2c1. The fourth-order valence-corrected chi connectivity index (χ4v) is 4.09. The molecule has 1 atom stereocenters. The molecule has 2 aromatic carbocycles. The number of fused-ring (bicyclic) bond motifs is 2. The minimum atomic E-state index is -0.868. The lowest BCUT2D eigenvalue weighted by molar-refractivity contribution is -0.140. The Morgan fingerprint density at radius 2 is 1.94 bits per heavy atom. The monoisotopic (exact) mass is 434 g/mol. The molecule has 2 heterocycles. The third kappa shape index (κ3) is 3.91. The van der Waals surface area contributed by atoms with Crippen LogP contribution in [-0.4, -0.2) is 42.4 Å². The highest BCUT2D eigenvalue weighted by Crippen LogP contribution is 2.36. The van der Waals surface area contributed by atoms with Gasteiger partial charge in [0.15, 0.2) is 0 Å². The molecule has 0 bridgehead atoms. The Balaban J connectivity index is 1.38. The summed E-state index contributed by atoms with van der Waals surface area (Å²) < 4.78 is 5.27. The minimum absolute atomic E-state index is 0.0609. The quantitative estimate of drug-likeness (QED) is 0.519. The number of ether oxygens (including phenoxy) is 1. The molecule has 0 radical (unpaired) electrons. The Morgan fingerprint density at radius 3 is 2.69 bits per heavy atom. The van der Waals surface area contributed by atoms with Crippen LogP contribution < -0.4 is 20.3 Å². The van der Waals surface area contributed by atoms with Crippen LogP contribution in [0.4, 0.5) is 5.69 Å². The summed E-state index contributed by atoms with van der Waals surface area (Å²) in [4.78, 5) is 42.6. The number of nitrogens with one attached hydrogen (secondary N) is 3. The lowest BCUT2D eigenvalue weighted by atomic mass is 10.1. The first kappa shape index (κ1) is 21.4. The van der Waals surface area contributed by atoms with Gasteiger partial charge in [-0.2, -0.15) is 0 Å². The van der Waals surface area contributed by atoms with Gasteiger partial charge in [0, 0.05) is 40.9 Å². The van der Waals surface area contributed by atoms with Crippen LogP contribution in [0.3, 0.4) is 0 Å². The molecule has 0 aliphatic carbocycles. The van der Waals surface area contributed by atoms with Crippen molar-refractivity contribution in [2.45, 2.75) is 32.4 Å². The number of aromatic nitrogens is 1. The lowest BCUT2D eigenvalue weighted by Crippen LogP contribution is -2.45. The van der Waals surface area contributed by atoms with Gasteiger partial charge in [-0.1, -0.05) is 18.2 Å². The molecule has 1 aliphatic rings. The second-order valence-electron chi connectivity index (χ2n) is 8.00. The van der Waals surface area contributed by atoms with E-state index in [0.29, 0.717) is 12.0 Å². The van der Waals surface area contributed by atoms with E-state index < -0.39 is 17.9 Å². The van der Waals surface area contributed by atoms with Gasteiger partial charge in [-0.05, 0) is 50.1 Å². The Bertz CT molecular complexity index is 1180. The zero-order valence-electron chi connectivity index (χ0n) is 18.3. The molecule has 8 nitrogen and oxygen atoms in total. The van der Waals surface area contributed by atoms with Crippen molar-refractivity contribution >= 4 is 34.3 Å². The van der Waals surface area contributed by atoms with Crippen LogP contribution in [0.15, 0.2) is 48.7 Å². The highest BCUT2D eigenvalue weighted by Gasteiger charge is 2.39. The number of aromatic amines is 1. The number of rotatable bonds is 6. The first-order chi connectivity index (χ1) is 15.4. The van der Waals surface area contributed by atoms with Crippen molar-refractivity contribution in [1.82, 2.24) is 15.6 Å². The standard InChI is InChI=1S/C24H26N4O4/c1-14(2)28-20-7-5-4-6-17(20)21(24(28)31)27-23(30)22(29)25-11-10-15-13-26-19-9-8-16(32-3)12-18(15)19/h4-9,12-14,21,26H,10-11H2,1-3H3,(H,25,29)(H,27,30). The Labute approximate surface area is 185 Å². The van der Waals surface area contributed by atoms with Crippen LogP contribution in [-0.2, 0) is 20.8 Å². The van der Waals surface area contributed by atoms with Gasteiger partial charge in [0.2, 0.25) is 0 Å². The van der Waals surface area contributed by atoms with Gasteiger partial charge in [-0.25, -0.2) is 0 Å². The third-order valence-electron chi connectivity index (χ3n) is 5.64. The van der Waals surface area contributed by atoms with E-state index in [1.165, 1.54) is 0 Å². The van der Waals surface area contributed by atoms with Crippen molar-refractivity contribution in [2.24, 2.45) is 0 Å². The number of H-pyrrole nitrogens is 1. The lowest BCUT2D eigenvalue weighted by Gasteiger charge is -2.22. The number of amides is 3. The summed E-state index contributed by atoms with van der Waals surface area (Å²) in [5, 5.41) is 6.24. The summed E-state index contributed by atoms with van der Waals surface area (Å²) in [7, 11) is 1.61. The second kappa shape index (κ2) is 8.74. The van der Waals surface area contributed by atoms with Crippen LogP contribution in [0.25, 0.3) is 10.9 Å². The summed E-state index contributed by atoms with van der Waals surface area (Å²) in [6, 6.07) is 12.1. The van der Waals surface area contributed by atoms with Crippen molar-refractivity contribution in [3.8, 4) is 5.75 Å². The van der Waals surface area contributed by atoms with Crippen molar-refractivity contribution in [3.05, 3.63) is 59.8 Å². The Morgan fingerprint density at radius 1 is 1.16 bits per heavy atom. The van der Waals surface area contributed by atoms with E-state index in [-0.39, 0.29) is 18.5 Å². The minimum Gasteiger partial charge on any atom is -0.497 e. The zero-order chi connectivity index (χ0) is 22.8. The van der Waals surface area contributed by atoms with Crippen molar-refractivity contribution < 1.29 is 19.1 Å². The van der Waals surface area contributed by atoms with E-state index >= 15 is 0 Å². The summed E-state index contributed by atoms with van der Waals surface area (Å²) >= 11 is 0. The molecule has 4 rings (SSSR count). The number of nitrogens with zero attached hydrogens (tertiary/aromatic N) is 1. The molecule has 32 heavy (non-hydrogen) atoms. The predicted molar refractivity (Wildman–Crippen MR) is 122 cm³/mol. The molecule has 1 aliphatic heterocycles. The van der Waals surface area contributed by atoms with E-state index in [1.807, 2.05) is 56.4 Å². The van der Waals surface area contributed by atoms with Crippen LogP contribution >= 0.6 is 0 Å². The van der Waals surface area contributed by atoms with Crippen LogP contribution in [0.5, 0.6) is 5.75 Å². The number of anilines is 1. The number of hydrogen-bond acceptors (Lipinski definition) is 4.